The van der Waals surface area contributed by atoms with Gasteiger partial charge >= 0.3 is 0 Å². The molecule has 0 radical (unpaired) electrons. The van der Waals surface area contributed by atoms with Crippen LogP contribution in [0, 0.1) is 6.92 Å². The summed E-state index contributed by atoms with van der Waals surface area (Å²) in [6.07, 6.45) is 0.869. The fourth-order valence-corrected chi connectivity index (χ4v) is 2.15. The molecule has 0 saturated carbocycles. The number of aryl methyl sites for hydroxylation is 1. The van der Waals surface area contributed by atoms with Crippen LogP contribution in [0.4, 0.5) is 5.69 Å². The molecule has 0 aliphatic heterocycles. The molecule has 0 fully saturated rings. The van der Waals surface area contributed by atoms with Crippen LogP contribution in [0.25, 0.3) is 0 Å². The van der Waals surface area contributed by atoms with E-state index in [1.165, 1.54) is 16.7 Å². The molecule has 16 heavy (non-hydrogen) atoms. The molecule has 0 amide bonds. The molecule has 0 bridgehead atoms. The van der Waals surface area contributed by atoms with E-state index in [1.807, 2.05) is 18.2 Å². The van der Waals surface area contributed by atoms with Gasteiger partial charge in [-0.15, -0.1) is 0 Å². The zero-order valence-electron chi connectivity index (χ0n) is 9.20. The number of hydrogen-bond donors (Lipinski definition) is 1. The molecule has 2 N–H and O–H groups in total. The van der Waals surface area contributed by atoms with E-state index in [2.05, 4.69) is 47.1 Å². The van der Waals surface area contributed by atoms with Crippen molar-refractivity contribution in [1.29, 1.82) is 0 Å². The number of anilines is 1. The first-order valence-electron chi connectivity index (χ1n) is 5.25. The van der Waals surface area contributed by atoms with Crippen molar-refractivity contribution in [3.63, 3.8) is 0 Å². The van der Waals surface area contributed by atoms with Crippen molar-refractivity contribution < 1.29 is 0 Å². The van der Waals surface area contributed by atoms with Gasteiger partial charge in [0.1, 0.15) is 0 Å². The molecule has 0 saturated heterocycles. The Morgan fingerprint density at radius 2 is 1.81 bits per heavy atom. The number of nitrogens with two attached hydrogens (primary N) is 1. The minimum Gasteiger partial charge on any atom is -0.398 e. The van der Waals surface area contributed by atoms with Gasteiger partial charge < -0.3 is 5.73 Å². The van der Waals surface area contributed by atoms with Gasteiger partial charge in [-0.3, -0.25) is 0 Å². The summed E-state index contributed by atoms with van der Waals surface area (Å²) >= 11 is 3.55. The predicted molar refractivity (Wildman–Crippen MR) is 72.5 cm³/mol. The lowest BCUT2D eigenvalue weighted by molar-refractivity contribution is 1.18. The lowest BCUT2D eigenvalue weighted by atomic mass is 10.0. The van der Waals surface area contributed by atoms with Gasteiger partial charge in [0, 0.05) is 16.6 Å². The van der Waals surface area contributed by atoms with Crippen LogP contribution < -0.4 is 5.73 Å². The summed E-state index contributed by atoms with van der Waals surface area (Å²) in [5.74, 6) is 0. The molecule has 2 heteroatoms. The highest BCUT2D eigenvalue weighted by Crippen LogP contribution is 2.23. The molecule has 2 rings (SSSR count). The minimum absolute atomic E-state index is 0.869. The van der Waals surface area contributed by atoms with E-state index in [4.69, 9.17) is 5.73 Å². The molecule has 0 heterocycles. The van der Waals surface area contributed by atoms with Crippen LogP contribution in [-0.4, -0.2) is 0 Å². The molecule has 0 spiro atoms. The maximum atomic E-state index is 6.00. The Labute approximate surface area is 104 Å². The Morgan fingerprint density at radius 1 is 1.06 bits per heavy atom. The second-order valence-corrected chi connectivity index (χ2v) is 4.82. The molecule has 0 aliphatic carbocycles. The summed E-state index contributed by atoms with van der Waals surface area (Å²) < 4.78 is 1.13. The lowest BCUT2D eigenvalue weighted by Gasteiger charge is -2.08. The van der Waals surface area contributed by atoms with Gasteiger partial charge in [-0.1, -0.05) is 46.3 Å². The third-order valence-corrected chi connectivity index (χ3v) is 3.41. The average molecular weight is 276 g/mol. The summed E-state index contributed by atoms with van der Waals surface area (Å²) in [4.78, 5) is 0. The Kier molecular flexibility index (Phi) is 3.30. The normalized spacial score (nSPS) is 10.4. The van der Waals surface area contributed by atoms with E-state index < -0.39 is 0 Å². The maximum absolute atomic E-state index is 6.00. The summed E-state index contributed by atoms with van der Waals surface area (Å²) in [6, 6.07) is 14.5. The van der Waals surface area contributed by atoms with Crippen LogP contribution in [0.2, 0.25) is 0 Å². The van der Waals surface area contributed by atoms with Gasteiger partial charge in [-0.05, 0) is 35.7 Å². The lowest BCUT2D eigenvalue weighted by Crippen LogP contribution is -1.96. The quantitative estimate of drug-likeness (QED) is 0.826. The Morgan fingerprint density at radius 3 is 2.50 bits per heavy atom. The standard InChI is InChI=1S/C14H14BrN/c1-10-6-7-12(14(16)8-10)9-11-4-2-3-5-13(11)15/h2-8H,9,16H2,1H3. The smallest absolute Gasteiger partial charge is 0.0352 e. The van der Waals surface area contributed by atoms with Crippen molar-refractivity contribution in [2.45, 2.75) is 13.3 Å². The number of halogens is 1. The van der Waals surface area contributed by atoms with Crippen molar-refractivity contribution in [3.8, 4) is 0 Å². The highest BCUT2D eigenvalue weighted by atomic mass is 79.9. The largest absolute Gasteiger partial charge is 0.398 e. The molecule has 0 atom stereocenters. The highest BCUT2D eigenvalue weighted by molar-refractivity contribution is 9.10. The number of rotatable bonds is 2. The molecule has 0 aliphatic rings. The van der Waals surface area contributed by atoms with Crippen LogP contribution in [-0.2, 0) is 6.42 Å². The van der Waals surface area contributed by atoms with Crippen molar-refractivity contribution >= 4 is 21.6 Å². The third-order valence-electron chi connectivity index (χ3n) is 2.64. The Balaban J connectivity index is 2.31. The van der Waals surface area contributed by atoms with Crippen LogP contribution >= 0.6 is 15.9 Å². The number of nitrogen functional groups attached to an aromatic ring is 1. The highest BCUT2D eigenvalue weighted by Gasteiger charge is 2.03. The fourth-order valence-electron chi connectivity index (χ4n) is 1.72. The van der Waals surface area contributed by atoms with Gasteiger partial charge in [0.05, 0.1) is 0 Å². The summed E-state index contributed by atoms with van der Waals surface area (Å²) in [5.41, 5.74) is 10.5. The van der Waals surface area contributed by atoms with Gasteiger partial charge in [0.2, 0.25) is 0 Å². The Bertz CT molecular complexity index is 506. The molecular formula is C14H14BrN. The minimum atomic E-state index is 0.869. The van der Waals surface area contributed by atoms with E-state index in [0.717, 1.165) is 16.6 Å². The monoisotopic (exact) mass is 275 g/mol. The van der Waals surface area contributed by atoms with Crippen molar-refractivity contribution in [1.82, 2.24) is 0 Å². The first-order chi connectivity index (χ1) is 7.66. The molecule has 0 unspecified atom stereocenters. The second-order valence-electron chi connectivity index (χ2n) is 3.97. The van der Waals surface area contributed by atoms with Crippen LogP contribution in [0.15, 0.2) is 46.9 Å². The van der Waals surface area contributed by atoms with Crippen molar-refractivity contribution in [3.05, 3.63) is 63.6 Å². The molecule has 0 aromatic heterocycles. The van der Waals surface area contributed by atoms with Crippen LogP contribution in [0.1, 0.15) is 16.7 Å². The first-order valence-corrected chi connectivity index (χ1v) is 6.04. The fraction of sp³-hybridized carbons (Fsp3) is 0.143. The van der Waals surface area contributed by atoms with E-state index in [-0.39, 0.29) is 0 Å². The van der Waals surface area contributed by atoms with Crippen LogP contribution in [0.3, 0.4) is 0 Å². The molecule has 2 aromatic carbocycles. The zero-order chi connectivity index (χ0) is 11.5. The number of hydrogen-bond acceptors (Lipinski definition) is 1. The number of benzene rings is 2. The van der Waals surface area contributed by atoms with Crippen molar-refractivity contribution in [2.75, 3.05) is 5.73 Å². The van der Waals surface area contributed by atoms with Crippen molar-refractivity contribution in [2.24, 2.45) is 0 Å². The van der Waals surface area contributed by atoms with Gasteiger partial charge in [0.15, 0.2) is 0 Å². The van der Waals surface area contributed by atoms with Gasteiger partial charge in [-0.2, -0.15) is 0 Å². The van der Waals surface area contributed by atoms with E-state index in [9.17, 15) is 0 Å². The third kappa shape index (κ3) is 2.45. The van der Waals surface area contributed by atoms with Gasteiger partial charge in [-0.25, -0.2) is 0 Å². The van der Waals surface area contributed by atoms with Gasteiger partial charge in [0.25, 0.3) is 0 Å². The summed E-state index contributed by atoms with van der Waals surface area (Å²) in [6.45, 7) is 2.05. The Hall–Kier alpha value is -1.28. The van der Waals surface area contributed by atoms with Crippen LogP contribution in [0.5, 0.6) is 0 Å². The summed E-state index contributed by atoms with van der Waals surface area (Å²) in [7, 11) is 0. The topological polar surface area (TPSA) is 26.0 Å². The van der Waals surface area contributed by atoms with E-state index >= 15 is 0 Å². The SMILES string of the molecule is Cc1ccc(Cc2ccccc2Br)c(N)c1. The molecular weight excluding hydrogens is 262 g/mol. The zero-order valence-corrected chi connectivity index (χ0v) is 10.8. The predicted octanol–water partition coefficient (Wildman–Crippen LogP) is 3.93. The van der Waals surface area contributed by atoms with E-state index in [0.29, 0.717) is 0 Å². The second kappa shape index (κ2) is 4.71. The average Bonchev–Trinajstić information content (AvgIpc) is 2.25. The molecule has 82 valence electrons. The van der Waals surface area contributed by atoms with E-state index in [1.54, 1.807) is 0 Å². The molecule has 1 nitrogen and oxygen atoms in total. The summed E-state index contributed by atoms with van der Waals surface area (Å²) in [5, 5.41) is 0. The maximum Gasteiger partial charge on any atom is 0.0352 e. The molecule has 2 aromatic rings. The first kappa shape index (κ1) is 11.2.